The first kappa shape index (κ1) is 14.7. The van der Waals surface area contributed by atoms with Crippen molar-refractivity contribution in [2.75, 3.05) is 6.54 Å². The third-order valence-electron chi connectivity index (χ3n) is 2.94. The zero-order valence-electron chi connectivity index (χ0n) is 12.6. The van der Waals surface area contributed by atoms with Crippen molar-refractivity contribution in [3.63, 3.8) is 0 Å². The van der Waals surface area contributed by atoms with Gasteiger partial charge in [-0.05, 0) is 12.5 Å². The quantitative estimate of drug-likeness (QED) is 0.840. The van der Waals surface area contributed by atoms with Gasteiger partial charge in [-0.15, -0.1) is 0 Å². The number of hydrogen-bond donors (Lipinski definition) is 1. The molecule has 2 rings (SSSR count). The summed E-state index contributed by atoms with van der Waals surface area (Å²) in [5.74, 6) is 3.26. The molecule has 0 spiro atoms. The van der Waals surface area contributed by atoms with Gasteiger partial charge < -0.3 is 14.4 Å². The summed E-state index contributed by atoms with van der Waals surface area (Å²) < 4.78 is 7.30. The lowest BCUT2D eigenvalue weighted by Crippen LogP contribution is -2.21. The Balaban J connectivity index is 1.97. The van der Waals surface area contributed by atoms with Gasteiger partial charge in [0.2, 0.25) is 5.89 Å². The maximum Gasteiger partial charge on any atom is 0.246 e. The Kier molecular flexibility index (Phi) is 4.89. The van der Waals surface area contributed by atoms with Crippen LogP contribution >= 0.6 is 0 Å². The maximum atomic E-state index is 5.27. The molecule has 0 amide bonds. The van der Waals surface area contributed by atoms with Gasteiger partial charge in [0.25, 0.3) is 0 Å². The summed E-state index contributed by atoms with van der Waals surface area (Å²) in [6.07, 6.45) is 3.73. The Bertz CT molecular complexity index is 529. The van der Waals surface area contributed by atoms with Crippen LogP contribution in [-0.4, -0.2) is 26.2 Å². The molecule has 6 nitrogen and oxygen atoms in total. The van der Waals surface area contributed by atoms with Crippen LogP contribution in [0.5, 0.6) is 0 Å². The number of rotatable bonds is 7. The molecule has 0 aliphatic rings. The molecular weight excluding hydrogens is 254 g/mol. The number of hydrogen-bond acceptors (Lipinski definition) is 5. The van der Waals surface area contributed by atoms with Crippen molar-refractivity contribution < 1.29 is 4.52 Å². The SMILES string of the molecule is CC(C)CNCc1nccn1Cc1nc(C(C)C)no1. The smallest absolute Gasteiger partial charge is 0.246 e. The van der Waals surface area contributed by atoms with E-state index in [4.69, 9.17) is 4.52 Å². The van der Waals surface area contributed by atoms with E-state index in [9.17, 15) is 0 Å². The molecule has 20 heavy (non-hydrogen) atoms. The van der Waals surface area contributed by atoms with E-state index in [1.165, 1.54) is 0 Å². The van der Waals surface area contributed by atoms with E-state index < -0.39 is 0 Å². The molecule has 0 unspecified atom stereocenters. The maximum absolute atomic E-state index is 5.27. The molecule has 2 aromatic heterocycles. The molecule has 0 radical (unpaired) electrons. The fourth-order valence-electron chi connectivity index (χ4n) is 1.84. The van der Waals surface area contributed by atoms with E-state index in [1.54, 1.807) is 6.20 Å². The first-order valence-corrected chi connectivity index (χ1v) is 7.09. The summed E-state index contributed by atoms with van der Waals surface area (Å²) in [6, 6.07) is 0. The van der Waals surface area contributed by atoms with Gasteiger partial charge in [-0.3, -0.25) is 0 Å². The number of nitrogens with one attached hydrogen (secondary N) is 1. The van der Waals surface area contributed by atoms with Crippen LogP contribution in [0.2, 0.25) is 0 Å². The molecule has 0 aromatic carbocycles. The highest BCUT2D eigenvalue weighted by molar-refractivity contribution is 4.97. The minimum atomic E-state index is 0.280. The molecule has 2 aromatic rings. The van der Waals surface area contributed by atoms with Gasteiger partial charge in [-0.2, -0.15) is 4.98 Å². The molecule has 0 saturated carbocycles. The minimum Gasteiger partial charge on any atom is -0.337 e. The van der Waals surface area contributed by atoms with Crippen molar-refractivity contribution in [2.45, 2.75) is 46.7 Å². The van der Waals surface area contributed by atoms with E-state index in [0.29, 0.717) is 18.4 Å². The number of nitrogens with zero attached hydrogens (tertiary/aromatic N) is 4. The van der Waals surface area contributed by atoms with Gasteiger partial charge in [-0.1, -0.05) is 32.9 Å². The topological polar surface area (TPSA) is 68.8 Å². The molecule has 2 heterocycles. The van der Waals surface area contributed by atoms with Gasteiger partial charge in [0, 0.05) is 18.3 Å². The second-order valence-electron chi connectivity index (χ2n) is 5.70. The van der Waals surface area contributed by atoms with Gasteiger partial charge in [-0.25, -0.2) is 4.98 Å². The molecule has 6 heteroatoms. The van der Waals surface area contributed by atoms with Gasteiger partial charge in [0.15, 0.2) is 5.82 Å². The fourth-order valence-corrected chi connectivity index (χ4v) is 1.84. The lowest BCUT2D eigenvalue weighted by molar-refractivity contribution is 0.362. The predicted molar refractivity (Wildman–Crippen MR) is 76.3 cm³/mol. The minimum absolute atomic E-state index is 0.280. The fraction of sp³-hybridized carbons (Fsp3) is 0.643. The van der Waals surface area contributed by atoms with Crippen molar-refractivity contribution in [3.8, 4) is 0 Å². The summed E-state index contributed by atoms with van der Waals surface area (Å²) in [5.41, 5.74) is 0. The molecule has 0 atom stereocenters. The zero-order valence-corrected chi connectivity index (χ0v) is 12.6. The molecule has 0 aliphatic heterocycles. The van der Waals surface area contributed by atoms with Crippen LogP contribution < -0.4 is 5.32 Å². The lowest BCUT2D eigenvalue weighted by Gasteiger charge is -2.08. The summed E-state index contributed by atoms with van der Waals surface area (Å²) in [6.45, 7) is 10.8. The summed E-state index contributed by atoms with van der Waals surface area (Å²) in [4.78, 5) is 8.75. The lowest BCUT2D eigenvalue weighted by atomic mass is 10.2. The Morgan fingerprint density at radius 1 is 1.30 bits per heavy atom. The normalized spacial score (nSPS) is 11.7. The number of aromatic nitrogens is 4. The summed E-state index contributed by atoms with van der Waals surface area (Å²) in [5, 5.41) is 7.36. The van der Waals surface area contributed by atoms with Gasteiger partial charge in [0.1, 0.15) is 12.4 Å². The van der Waals surface area contributed by atoms with Crippen molar-refractivity contribution in [1.29, 1.82) is 0 Å². The highest BCUT2D eigenvalue weighted by Gasteiger charge is 2.11. The molecule has 110 valence electrons. The average Bonchev–Trinajstić information content (AvgIpc) is 2.99. The largest absolute Gasteiger partial charge is 0.337 e. The molecular formula is C14H23N5O. The third-order valence-corrected chi connectivity index (χ3v) is 2.94. The van der Waals surface area contributed by atoms with Crippen molar-refractivity contribution in [2.24, 2.45) is 5.92 Å². The highest BCUT2D eigenvalue weighted by atomic mass is 16.5. The zero-order chi connectivity index (χ0) is 14.5. The van der Waals surface area contributed by atoms with E-state index in [2.05, 4.69) is 34.3 Å². The Hall–Kier alpha value is -1.69. The van der Waals surface area contributed by atoms with Crippen LogP contribution in [-0.2, 0) is 13.1 Å². The Labute approximate surface area is 119 Å². The van der Waals surface area contributed by atoms with Crippen LogP contribution in [0, 0.1) is 5.92 Å². The summed E-state index contributed by atoms with van der Waals surface area (Å²) in [7, 11) is 0. The first-order valence-electron chi connectivity index (χ1n) is 7.09. The van der Waals surface area contributed by atoms with Crippen LogP contribution in [0.25, 0.3) is 0 Å². The monoisotopic (exact) mass is 277 g/mol. The van der Waals surface area contributed by atoms with E-state index in [-0.39, 0.29) is 5.92 Å². The molecule has 0 bridgehead atoms. The molecule has 0 fully saturated rings. The Morgan fingerprint density at radius 2 is 2.10 bits per heavy atom. The molecule has 0 saturated heterocycles. The van der Waals surface area contributed by atoms with E-state index in [0.717, 1.165) is 24.7 Å². The van der Waals surface area contributed by atoms with Crippen molar-refractivity contribution >= 4 is 0 Å². The molecule has 1 N–H and O–H groups in total. The van der Waals surface area contributed by atoms with Crippen LogP contribution in [0.15, 0.2) is 16.9 Å². The average molecular weight is 277 g/mol. The Morgan fingerprint density at radius 3 is 2.75 bits per heavy atom. The second-order valence-corrected chi connectivity index (χ2v) is 5.70. The first-order chi connectivity index (χ1) is 9.56. The van der Waals surface area contributed by atoms with Gasteiger partial charge >= 0.3 is 0 Å². The highest BCUT2D eigenvalue weighted by Crippen LogP contribution is 2.11. The van der Waals surface area contributed by atoms with Crippen molar-refractivity contribution in [3.05, 3.63) is 29.9 Å². The van der Waals surface area contributed by atoms with E-state index >= 15 is 0 Å². The van der Waals surface area contributed by atoms with Crippen LogP contribution in [0.1, 0.15) is 51.2 Å². The second kappa shape index (κ2) is 6.65. The van der Waals surface area contributed by atoms with E-state index in [1.807, 2.05) is 24.6 Å². The van der Waals surface area contributed by atoms with Crippen LogP contribution in [0.4, 0.5) is 0 Å². The predicted octanol–water partition coefficient (Wildman–Crippen LogP) is 2.18. The van der Waals surface area contributed by atoms with Crippen LogP contribution in [0.3, 0.4) is 0 Å². The standard InChI is InChI=1S/C14H23N5O/c1-10(2)7-15-8-12-16-5-6-19(12)9-13-17-14(11(3)4)18-20-13/h5-6,10-11,15H,7-9H2,1-4H3. The summed E-state index contributed by atoms with van der Waals surface area (Å²) >= 11 is 0. The number of imidazole rings is 1. The third kappa shape index (κ3) is 3.90. The van der Waals surface area contributed by atoms with Crippen molar-refractivity contribution in [1.82, 2.24) is 25.0 Å². The van der Waals surface area contributed by atoms with Gasteiger partial charge in [0.05, 0.1) is 6.54 Å². The molecule has 0 aliphatic carbocycles.